The highest BCUT2D eigenvalue weighted by molar-refractivity contribution is 5.41. The summed E-state index contributed by atoms with van der Waals surface area (Å²) < 4.78 is 5.74. The van der Waals surface area contributed by atoms with Crippen LogP contribution in [0.5, 0.6) is 5.75 Å². The van der Waals surface area contributed by atoms with E-state index in [9.17, 15) is 0 Å². The van der Waals surface area contributed by atoms with Crippen molar-refractivity contribution in [3.05, 3.63) is 24.3 Å². The predicted molar refractivity (Wildman–Crippen MR) is 79.5 cm³/mol. The summed E-state index contributed by atoms with van der Waals surface area (Å²) in [5.74, 6) is 0.894. The number of piperidine rings is 1. The Bertz CT molecular complexity index is 371. The number of benzene rings is 1. The first kappa shape index (κ1) is 14.2. The molecular formula is C15H25N3O. The topological polar surface area (TPSA) is 41.7 Å². The molecule has 0 bridgehead atoms. The van der Waals surface area contributed by atoms with Gasteiger partial charge in [0.2, 0.25) is 0 Å². The maximum absolute atomic E-state index is 5.74. The number of ether oxygens (including phenoxy) is 1. The lowest BCUT2D eigenvalue weighted by Crippen LogP contribution is -2.43. The van der Waals surface area contributed by atoms with Crippen LogP contribution in [-0.4, -0.2) is 56.2 Å². The second kappa shape index (κ2) is 6.78. The first-order valence-corrected chi connectivity index (χ1v) is 7.02. The van der Waals surface area contributed by atoms with Gasteiger partial charge in [0.05, 0.1) is 0 Å². The van der Waals surface area contributed by atoms with Crippen LogP contribution in [0.15, 0.2) is 24.3 Å². The molecule has 19 heavy (non-hydrogen) atoms. The molecule has 0 unspecified atom stereocenters. The predicted octanol–water partition coefficient (Wildman–Crippen LogP) is 1.67. The lowest BCUT2D eigenvalue weighted by molar-refractivity contribution is 0.127. The molecule has 106 valence electrons. The number of hydrogen-bond donors (Lipinski definition) is 1. The standard InChI is InChI=1S/C15H25N3O/c1-17-9-7-14(8-10-17)18(2)11-12-19-15-5-3-13(16)4-6-15/h3-6,14H,7-12,16H2,1-2H3. The van der Waals surface area contributed by atoms with E-state index < -0.39 is 0 Å². The van der Waals surface area contributed by atoms with Gasteiger partial charge in [-0.3, -0.25) is 4.90 Å². The smallest absolute Gasteiger partial charge is 0.119 e. The van der Waals surface area contributed by atoms with Crippen molar-refractivity contribution in [2.24, 2.45) is 0 Å². The van der Waals surface area contributed by atoms with Gasteiger partial charge in [-0.2, -0.15) is 0 Å². The highest BCUT2D eigenvalue weighted by atomic mass is 16.5. The van der Waals surface area contributed by atoms with Gasteiger partial charge >= 0.3 is 0 Å². The van der Waals surface area contributed by atoms with Gasteiger partial charge < -0.3 is 15.4 Å². The summed E-state index contributed by atoms with van der Waals surface area (Å²) >= 11 is 0. The van der Waals surface area contributed by atoms with Crippen LogP contribution in [0.2, 0.25) is 0 Å². The molecule has 0 aliphatic carbocycles. The summed E-state index contributed by atoms with van der Waals surface area (Å²) in [5.41, 5.74) is 6.42. The van der Waals surface area contributed by atoms with Gasteiger partial charge in [-0.15, -0.1) is 0 Å². The van der Waals surface area contributed by atoms with E-state index in [1.165, 1.54) is 25.9 Å². The molecule has 1 aliphatic rings. The SMILES string of the molecule is CN1CCC(N(C)CCOc2ccc(N)cc2)CC1. The third-order valence-electron chi connectivity index (χ3n) is 3.90. The molecular weight excluding hydrogens is 238 g/mol. The van der Waals surface area contributed by atoms with E-state index in [1.54, 1.807) is 0 Å². The van der Waals surface area contributed by atoms with Crippen LogP contribution in [0.3, 0.4) is 0 Å². The highest BCUT2D eigenvalue weighted by Gasteiger charge is 2.20. The van der Waals surface area contributed by atoms with Gasteiger partial charge in [0.25, 0.3) is 0 Å². The van der Waals surface area contributed by atoms with Crippen molar-refractivity contribution in [3.63, 3.8) is 0 Å². The van der Waals surface area contributed by atoms with Crippen LogP contribution in [0.4, 0.5) is 5.69 Å². The number of hydrogen-bond acceptors (Lipinski definition) is 4. The van der Waals surface area contributed by atoms with Gasteiger partial charge in [-0.05, 0) is 64.3 Å². The van der Waals surface area contributed by atoms with E-state index in [-0.39, 0.29) is 0 Å². The van der Waals surface area contributed by atoms with Gasteiger partial charge in [0.1, 0.15) is 12.4 Å². The summed E-state index contributed by atoms with van der Waals surface area (Å²) in [6.07, 6.45) is 2.52. The molecule has 4 heteroatoms. The van der Waals surface area contributed by atoms with Crippen molar-refractivity contribution in [2.45, 2.75) is 18.9 Å². The molecule has 1 aliphatic heterocycles. The first-order valence-electron chi connectivity index (χ1n) is 7.02. The van der Waals surface area contributed by atoms with E-state index in [2.05, 4.69) is 23.9 Å². The zero-order valence-electron chi connectivity index (χ0n) is 12.0. The summed E-state index contributed by atoms with van der Waals surface area (Å²) in [6.45, 7) is 4.10. The fourth-order valence-electron chi connectivity index (χ4n) is 2.49. The first-order chi connectivity index (χ1) is 9.15. The number of likely N-dealkylation sites (N-methyl/N-ethyl adjacent to an activating group) is 1. The molecule has 0 saturated carbocycles. The van der Waals surface area contributed by atoms with Crippen LogP contribution in [-0.2, 0) is 0 Å². The molecule has 0 amide bonds. The summed E-state index contributed by atoms with van der Waals surface area (Å²) in [6, 6.07) is 8.29. The van der Waals surface area contributed by atoms with Crippen LogP contribution in [0, 0.1) is 0 Å². The van der Waals surface area contributed by atoms with E-state index in [1.807, 2.05) is 24.3 Å². The lowest BCUT2D eigenvalue weighted by atomic mass is 10.0. The minimum atomic E-state index is 0.700. The Morgan fingerprint density at radius 1 is 1.26 bits per heavy atom. The van der Waals surface area contributed by atoms with Crippen LogP contribution in [0.1, 0.15) is 12.8 Å². The molecule has 0 aromatic heterocycles. The van der Waals surface area contributed by atoms with Crippen LogP contribution >= 0.6 is 0 Å². The Morgan fingerprint density at radius 2 is 1.89 bits per heavy atom. The Labute approximate surface area is 116 Å². The summed E-state index contributed by atoms with van der Waals surface area (Å²) in [5, 5.41) is 0. The fourth-order valence-corrected chi connectivity index (χ4v) is 2.49. The van der Waals surface area contributed by atoms with Gasteiger partial charge in [-0.25, -0.2) is 0 Å². The Balaban J connectivity index is 1.69. The number of nitrogens with zero attached hydrogens (tertiary/aromatic N) is 2. The van der Waals surface area contributed by atoms with E-state index in [0.29, 0.717) is 6.04 Å². The molecule has 0 atom stereocenters. The lowest BCUT2D eigenvalue weighted by Gasteiger charge is -2.35. The second-order valence-corrected chi connectivity index (χ2v) is 5.43. The molecule has 2 rings (SSSR count). The van der Waals surface area contributed by atoms with Crippen molar-refractivity contribution >= 4 is 5.69 Å². The highest BCUT2D eigenvalue weighted by Crippen LogP contribution is 2.15. The monoisotopic (exact) mass is 263 g/mol. The summed E-state index contributed by atoms with van der Waals surface area (Å²) in [7, 11) is 4.39. The van der Waals surface area contributed by atoms with E-state index in [0.717, 1.165) is 24.6 Å². The third kappa shape index (κ3) is 4.40. The van der Waals surface area contributed by atoms with Crippen molar-refractivity contribution in [1.29, 1.82) is 0 Å². The number of anilines is 1. The number of rotatable bonds is 5. The van der Waals surface area contributed by atoms with E-state index in [4.69, 9.17) is 10.5 Å². The Morgan fingerprint density at radius 3 is 2.53 bits per heavy atom. The molecule has 1 heterocycles. The molecule has 4 nitrogen and oxygen atoms in total. The Hall–Kier alpha value is -1.26. The van der Waals surface area contributed by atoms with Gasteiger partial charge in [0.15, 0.2) is 0 Å². The largest absolute Gasteiger partial charge is 0.492 e. The van der Waals surface area contributed by atoms with Crippen LogP contribution in [0.25, 0.3) is 0 Å². The zero-order valence-corrected chi connectivity index (χ0v) is 12.0. The third-order valence-corrected chi connectivity index (χ3v) is 3.90. The zero-order chi connectivity index (χ0) is 13.7. The van der Waals surface area contributed by atoms with Crippen molar-refractivity contribution in [1.82, 2.24) is 9.80 Å². The van der Waals surface area contributed by atoms with Crippen molar-refractivity contribution in [3.8, 4) is 5.75 Å². The maximum atomic E-state index is 5.74. The van der Waals surface area contributed by atoms with Gasteiger partial charge in [-0.1, -0.05) is 0 Å². The number of nitrogen functional groups attached to an aromatic ring is 1. The van der Waals surface area contributed by atoms with Crippen LogP contribution < -0.4 is 10.5 Å². The molecule has 0 spiro atoms. The quantitative estimate of drug-likeness (QED) is 0.821. The number of likely N-dealkylation sites (tertiary alicyclic amines) is 1. The van der Waals surface area contributed by atoms with Crippen molar-refractivity contribution < 1.29 is 4.74 Å². The average Bonchev–Trinajstić information content (AvgIpc) is 2.41. The van der Waals surface area contributed by atoms with Gasteiger partial charge in [0, 0.05) is 18.3 Å². The molecule has 2 N–H and O–H groups in total. The molecule has 1 fully saturated rings. The minimum absolute atomic E-state index is 0.700. The average molecular weight is 263 g/mol. The van der Waals surface area contributed by atoms with Crippen molar-refractivity contribution in [2.75, 3.05) is 46.1 Å². The molecule has 0 radical (unpaired) electrons. The molecule has 1 saturated heterocycles. The fraction of sp³-hybridized carbons (Fsp3) is 0.600. The number of nitrogens with two attached hydrogens (primary N) is 1. The van der Waals surface area contributed by atoms with E-state index >= 15 is 0 Å². The molecule has 1 aromatic rings. The second-order valence-electron chi connectivity index (χ2n) is 5.43. The normalized spacial score (nSPS) is 17.8. The Kier molecular flexibility index (Phi) is 5.05. The maximum Gasteiger partial charge on any atom is 0.119 e. The summed E-state index contributed by atoms with van der Waals surface area (Å²) in [4.78, 5) is 4.82. The minimum Gasteiger partial charge on any atom is -0.492 e. The molecule has 1 aromatic carbocycles.